The molecular formula is C18H27ClN2O2. The van der Waals surface area contributed by atoms with Gasteiger partial charge < -0.3 is 15.8 Å². The molecule has 0 saturated heterocycles. The molecule has 0 aliphatic heterocycles. The van der Waals surface area contributed by atoms with Crippen molar-refractivity contribution in [3.63, 3.8) is 0 Å². The van der Waals surface area contributed by atoms with Crippen LogP contribution in [0.15, 0.2) is 24.3 Å². The Hall–Kier alpha value is -1.26. The summed E-state index contributed by atoms with van der Waals surface area (Å²) in [7, 11) is 0. The van der Waals surface area contributed by atoms with Crippen LogP contribution < -0.4 is 15.8 Å². The average molecular weight is 339 g/mol. The zero-order chi connectivity index (χ0) is 15.5. The van der Waals surface area contributed by atoms with E-state index in [0.29, 0.717) is 23.9 Å². The summed E-state index contributed by atoms with van der Waals surface area (Å²) in [5.74, 6) is 1.82. The van der Waals surface area contributed by atoms with Gasteiger partial charge in [-0.1, -0.05) is 24.1 Å². The molecule has 2 aliphatic carbocycles. The van der Waals surface area contributed by atoms with Crippen LogP contribution in [0.2, 0.25) is 0 Å². The summed E-state index contributed by atoms with van der Waals surface area (Å²) in [4.78, 5) is 12.2. The van der Waals surface area contributed by atoms with E-state index in [-0.39, 0.29) is 24.9 Å². The van der Waals surface area contributed by atoms with Crippen molar-refractivity contribution in [2.75, 3.05) is 6.61 Å². The van der Waals surface area contributed by atoms with Crippen molar-refractivity contribution in [3.8, 4) is 5.75 Å². The van der Waals surface area contributed by atoms with Crippen LogP contribution in [0.4, 0.5) is 0 Å². The first-order chi connectivity index (χ1) is 10.6. The highest BCUT2D eigenvalue weighted by Crippen LogP contribution is 2.39. The molecule has 23 heavy (non-hydrogen) atoms. The number of benzene rings is 1. The highest BCUT2D eigenvalue weighted by Gasteiger charge is 2.39. The van der Waals surface area contributed by atoms with Gasteiger partial charge >= 0.3 is 0 Å². The van der Waals surface area contributed by atoms with Gasteiger partial charge in [-0.05, 0) is 56.6 Å². The summed E-state index contributed by atoms with van der Waals surface area (Å²) in [6.45, 7) is 2.12. The zero-order valence-corrected chi connectivity index (χ0v) is 14.5. The van der Waals surface area contributed by atoms with Crippen molar-refractivity contribution in [2.24, 2.45) is 17.6 Å². The van der Waals surface area contributed by atoms with E-state index in [1.165, 1.54) is 24.8 Å². The fourth-order valence-corrected chi connectivity index (χ4v) is 4.04. The lowest BCUT2D eigenvalue weighted by atomic mass is 9.67. The second kappa shape index (κ2) is 8.02. The molecule has 2 atom stereocenters. The summed E-state index contributed by atoms with van der Waals surface area (Å²) in [5, 5.41) is 3.20. The van der Waals surface area contributed by atoms with Crippen molar-refractivity contribution < 1.29 is 9.53 Å². The smallest absolute Gasteiger partial charge is 0.258 e. The van der Waals surface area contributed by atoms with Crippen LogP contribution in [0.25, 0.3) is 0 Å². The number of amides is 1. The summed E-state index contributed by atoms with van der Waals surface area (Å²) >= 11 is 0. The van der Waals surface area contributed by atoms with Gasteiger partial charge in [0.25, 0.3) is 5.91 Å². The first-order valence-corrected chi connectivity index (χ1v) is 8.36. The number of fused-ring (bicyclic) bond motifs is 2. The lowest BCUT2D eigenvalue weighted by molar-refractivity contribution is -0.125. The van der Waals surface area contributed by atoms with Gasteiger partial charge in [0.1, 0.15) is 5.75 Å². The molecule has 4 nitrogen and oxygen atoms in total. The molecule has 0 aromatic heterocycles. The minimum Gasteiger partial charge on any atom is -0.484 e. The number of aryl methyl sites for hydroxylation is 1. The maximum atomic E-state index is 12.2. The Morgan fingerprint density at radius 2 is 1.83 bits per heavy atom. The molecule has 0 heterocycles. The molecule has 2 unspecified atom stereocenters. The van der Waals surface area contributed by atoms with Crippen molar-refractivity contribution in [2.45, 2.75) is 51.1 Å². The van der Waals surface area contributed by atoms with Crippen molar-refractivity contribution in [1.29, 1.82) is 0 Å². The molecule has 2 saturated carbocycles. The van der Waals surface area contributed by atoms with E-state index in [1.807, 2.05) is 31.2 Å². The second-order valence-electron chi connectivity index (χ2n) is 6.88. The summed E-state index contributed by atoms with van der Waals surface area (Å²) in [6.07, 6.45) is 5.73. The zero-order valence-electron chi connectivity index (χ0n) is 13.7. The second-order valence-corrected chi connectivity index (χ2v) is 6.88. The van der Waals surface area contributed by atoms with Gasteiger partial charge in [0.05, 0.1) is 0 Å². The number of carbonyl (C=O) groups excluding carboxylic acids is 1. The van der Waals surface area contributed by atoms with Crippen molar-refractivity contribution in [1.82, 2.24) is 5.32 Å². The Kier molecular flexibility index (Phi) is 6.31. The van der Waals surface area contributed by atoms with Gasteiger partial charge in [-0.3, -0.25) is 4.79 Å². The molecule has 0 spiro atoms. The highest BCUT2D eigenvalue weighted by molar-refractivity contribution is 5.85. The molecule has 2 bridgehead atoms. The Morgan fingerprint density at radius 1 is 1.22 bits per heavy atom. The minimum absolute atomic E-state index is 0. The van der Waals surface area contributed by atoms with Crippen LogP contribution in [0.5, 0.6) is 5.75 Å². The van der Waals surface area contributed by atoms with Gasteiger partial charge in [-0.2, -0.15) is 0 Å². The average Bonchev–Trinajstić information content (AvgIpc) is 2.48. The SMILES string of the molecule is Cc1ccc(OCC(=O)NC2C3CCCC2CC(N)C3)cc1.Cl. The first-order valence-electron chi connectivity index (χ1n) is 8.36. The van der Waals surface area contributed by atoms with Gasteiger partial charge in [0.2, 0.25) is 0 Å². The lowest BCUT2D eigenvalue weighted by Crippen LogP contribution is -2.54. The predicted octanol–water partition coefficient (Wildman–Crippen LogP) is 2.82. The fraction of sp³-hybridized carbons (Fsp3) is 0.611. The molecular weight excluding hydrogens is 312 g/mol. The molecule has 3 rings (SSSR count). The van der Waals surface area contributed by atoms with E-state index in [2.05, 4.69) is 5.32 Å². The Bertz CT molecular complexity index is 506. The molecule has 1 aromatic carbocycles. The standard InChI is InChI=1S/C18H26N2O2.ClH/c1-12-5-7-16(8-6-12)22-11-17(21)20-18-13-3-2-4-14(18)10-15(19)9-13;/h5-8,13-15,18H,2-4,9-11,19H2,1H3,(H,20,21);1H. The lowest BCUT2D eigenvalue weighted by Gasteiger charge is -2.45. The topological polar surface area (TPSA) is 64.3 Å². The molecule has 0 radical (unpaired) electrons. The minimum atomic E-state index is -0.0158. The van der Waals surface area contributed by atoms with Crippen LogP contribution in [0, 0.1) is 18.8 Å². The van der Waals surface area contributed by atoms with E-state index in [0.717, 1.165) is 18.6 Å². The van der Waals surface area contributed by atoms with Crippen LogP contribution >= 0.6 is 12.4 Å². The van der Waals surface area contributed by atoms with Gasteiger partial charge in [0, 0.05) is 12.1 Å². The largest absolute Gasteiger partial charge is 0.484 e. The van der Waals surface area contributed by atoms with Crippen LogP contribution in [-0.2, 0) is 4.79 Å². The number of ether oxygens (including phenoxy) is 1. The third-order valence-electron chi connectivity index (χ3n) is 5.10. The third-order valence-corrected chi connectivity index (χ3v) is 5.10. The monoisotopic (exact) mass is 338 g/mol. The van der Waals surface area contributed by atoms with E-state index in [1.54, 1.807) is 0 Å². The maximum absolute atomic E-state index is 12.2. The highest BCUT2D eigenvalue weighted by atomic mass is 35.5. The molecule has 128 valence electrons. The van der Waals surface area contributed by atoms with Crippen LogP contribution in [0.3, 0.4) is 0 Å². The van der Waals surface area contributed by atoms with Crippen LogP contribution in [-0.4, -0.2) is 24.6 Å². The number of carbonyl (C=O) groups is 1. The number of hydrogen-bond donors (Lipinski definition) is 2. The molecule has 5 heteroatoms. The predicted molar refractivity (Wildman–Crippen MR) is 93.9 cm³/mol. The maximum Gasteiger partial charge on any atom is 0.258 e. The van der Waals surface area contributed by atoms with E-state index in [9.17, 15) is 4.79 Å². The molecule has 1 aromatic rings. The molecule has 3 N–H and O–H groups in total. The quantitative estimate of drug-likeness (QED) is 0.887. The van der Waals surface area contributed by atoms with Crippen molar-refractivity contribution >= 4 is 18.3 Å². The number of halogens is 1. The molecule has 2 fully saturated rings. The summed E-state index contributed by atoms with van der Waals surface area (Å²) in [5.41, 5.74) is 7.31. The molecule has 1 amide bonds. The summed E-state index contributed by atoms with van der Waals surface area (Å²) < 4.78 is 5.57. The Morgan fingerprint density at radius 3 is 2.43 bits per heavy atom. The van der Waals surface area contributed by atoms with Crippen LogP contribution in [0.1, 0.15) is 37.7 Å². The Labute approximate surface area is 144 Å². The van der Waals surface area contributed by atoms with Gasteiger partial charge in [-0.15, -0.1) is 12.4 Å². The van der Waals surface area contributed by atoms with E-state index >= 15 is 0 Å². The normalized spacial score (nSPS) is 29.3. The Balaban J connectivity index is 0.00000192. The number of rotatable bonds is 4. The van der Waals surface area contributed by atoms with Crippen molar-refractivity contribution in [3.05, 3.63) is 29.8 Å². The third kappa shape index (κ3) is 4.61. The fourth-order valence-electron chi connectivity index (χ4n) is 4.04. The van der Waals surface area contributed by atoms with E-state index in [4.69, 9.17) is 10.5 Å². The number of nitrogens with two attached hydrogens (primary N) is 1. The van der Waals surface area contributed by atoms with Gasteiger partial charge in [-0.25, -0.2) is 0 Å². The number of nitrogens with one attached hydrogen (secondary N) is 1. The van der Waals surface area contributed by atoms with E-state index < -0.39 is 0 Å². The first kappa shape index (κ1) is 18.1. The van der Waals surface area contributed by atoms with Gasteiger partial charge in [0.15, 0.2) is 6.61 Å². The number of hydrogen-bond acceptors (Lipinski definition) is 3. The summed E-state index contributed by atoms with van der Waals surface area (Å²) in [6, 6.07) is 8.38. The molecule has 2 aliphatic rings.